The first-order valence-corrected chi connectivity index (χ1v) is 45.2. The second kappa shape index (κ2) is 50.1. The molecular weight excluding hydrogens is 1430 g/mol. The van der Waals surface area contributed by atoms with Crippen molar-refractivity contribution < 1.29 is 38.4 Å². The Morgan fingerprint density at radius 1 is 0.376 bits per heavy atom. The molecule has 0 atom stereocenters. The fraction of sp³-hybridized carbons (Fsp3) is 0.613. The number of hydrogen-bond acceptors (Lipinski definition) is 12. The molecule has 598 valence electrons. The quantitative estimate of drug-likeness (QED) is 0.0268. The Kier molecular flexibility index (Phi) is 43.0. The van der Waals surface area contributed by atoms with E-state index in [-0.39, 0.29) is 78.1 Å². The van der Waals surface area contributed by atoms with E-state index in [0.717, 1.165) is 246 Å². The van der Waals surface area contributed by atoms with Crippen LogP contribution in [0.15, 0.2) is 117 Å². The lowest BCUT2D eigenvalue weighted by atomic mass is 9.67. The molecule has 0 bridgehead atoms. The van der Waals surface area contributed by atoms with Gasteiger partial charge < -0.3 is 21.3 Å². The number of anilines is 4. The minimum absolute atomic E-state index is 0.0293. The summed E-state index contributed by atoms with van der Waals surface area (Å²) in [6.45, 7) is 25.5. The average molecular weight is 1560 g/mol. The molecule has 4 aromatic rings. The fourth-order valence-corrected chi connectivity index (χ4v) is 19.5. The number of benzene rings is 4. The van der Waals surface area contributed by atoms with E-state index in [1.165, 1.54) is 49.2 Å². The van der Waals surface area contributed by atoms with Gasteiger partial charge in [-0.2, -0.15) is 0 Å². The van der Waals surface area contributed by atoms with Gasteiger partial charge in [-0.3, -0.25) is 38.4 Å². The third-order valence-corrected chi connectivity index (χ3v) is 27.5. The van der Waals surface area contributed by atoms with Crippen molar-refractivity contribution in [2.24, 2.45) is 51.2 Å². The Hall–Kier alpha value is -6.04. The third kappa shape index (κ3) is 30.1. The van der Waals surface area contributed by atoms with Crippen LogP contribution in [0.5, 0.6) is 0 Å². The molecule has 0 aliphatic heterocycles. The van der Waals surface area contributed by atoms with Gasteiger partial charge in [-0.1, -0.05) is 272 Å². The van der Waals surface area contributed by atoms with Crippen molar-refractivity contribution in [3.05, 3.63) is 97.1 Å². The number of amides is 4. The van der Waals surface area contributed by atoms with Crippen molar-refractivity contribution in [1.29, 1.82) is 0 Å². The predicted molar refractivity (Wildman–Crippen MR) is 462 cm³/mol. The SMILES string of the molecule is C#CCC(=O)Sc1ccccc1NC(=O)C1(CC(CC)CC)CCCCC1.CCC#CC(=O)Sc1ccccc1NC(=O)C1(CC(CC)CC)CCCCC1.CCC(CC)CC1(C(=O)Nc2ccccc2SC(=O)C(C)C)CCCCC1.CCCC(=O)Sc1ccccc1NC(=O)C1(CC(CC)CC)CCCCC1. The summed E-state index contributed by atoms with van der Waals surface area (Å²) in [5, 5.41) is 12.8. The first-order valence-electron chi connectivity index (χ1n) is 41.9. The molecule has 0 radical (unpaired) electrons. The molecule has 4 aromatic carbocycles. The minimum Gasteiger partial charge on any atom is -0.325 e. The molecule has 4 N–H and O–H groups in total. The predicted octanol–water partition coefficient (Wildman–Crippen LogP) is 26.0. The van der Waals surface area contributed by atoms with Gasteiger partial charge in [-0.05, 0) is 209 Å². The fourth-order valence-electron chi connectivity index (χ4n) is 16.3. The number of terminal acetylenes is 1. The van der Waals surface area contributed by atoms with Crippen LogP contribution in [0, 0.1) is 75.4 Å². The highest BCUT2D eigenvalue weighted by Crippen LogP contribution is 2.49. The molecule has 4 saturated carbocycles. The van der Waals surface area contributed by atoms with Crippen molar-refractivity contribution >= 4 is 114 Å². The maximum atomic E-state index is 13.4. The molecule has 16 heteroatoms. The van der Waals surface area contributed by atoms with Gasteiger partial charge in [0.05, 0.1) is 29.2 Å². The molecule has 109 heavy (non-hydrogen) atoms. The van der Waals surface area contributed by atoms with Gasteiger partial charge >= 0.3 is 0 Å². The van der Waals surface area contributed by atoms with Crippen LogP contribution in [0.25, 0.3) is 0 Å². The molecule has 4 fully saturated rings. The first kappa shape index (κ1) is 93.6. The standard InChI is InChI=1S/C24H33NO2S.2C23H35NO2S.C23H31NO2S/c1-4-7-15-22(26)28-21-14-10-9-13-20(21)25-23(27)24(16-11-8-12-17-24)18-19(5-2)6-3;1-5-18(6-2)16-23(14-10-7-11-15-23)22(26)24-19-12-8-9-13-20(19)27-21(25)17(3)4;2*1-4-12-21(25)27-20-14-9-8-13-19(20)24-22(26)23(15-10-7-11-16-23)17-18(5-2)6-3/h9-10,13-14,19H,4-6,8,11-12,16-18H2,1-3H3,(H,25,27);8-9,12-13,17-18H,5-7,10-11,14-16H2,1-4H3,(H,24,26);8-9,13-14,18H,4-7,10-12,15-17H2,1-3H3,(H,24,26);1,8-9,13-14,18H,5-7,10-12,15-17H2,2-3H3,(H,24,26). The summed E-state index contributed by atoms with van der Waals surface area (Å²) in [7, 11) is 0. The highest BCUT2D eigenvalue weighted by molar-refractivity contribution is 8.14. The van der Waals surface area contributed by atoms with Crippen LogP contribution >= 0.6 is 47.0 Å². The molecule has 0 unspecified atom stereocenters. The zero-order chi connectivity index (χ0) is 79.7. The molecule has 0 saturated heterocycles. The Balaban J connectivity index is 0.000000260. The van der Waals surface area contributed by atoms with Crippen LogP contribution < -0.4 is 21.3 Å². The third-order valence-electron chi connectivity index (χ3n) is 23.4. The zero-order valence-electron chi connectivity index (χ0n) is 68.6. The van der Waals surface area contributed by atoms with Gasteiger partial charge in [-0.25, -0.2) is 0 Å². The zero-order valence-corrected chi connectivity index (χ0v) is 71.8. The Labute approximate surface area is 675 Å². The average Bonchev–Trinajstić information content (AvgIpc) is 0.819. The number of carbonyl (C=O) groups excluding carboxylic acids is 8. The summed E-state index contributed by atoms with van der Waals surface area (Å²) < 4.78 is 0. The highest BCUT2D eigenvalue weighted by Gasteiger charge is 2.45. The van der Waals surface area contributed by atoms with Gasteiger partial charge in [0.25, 0.3) is 5.12 Å². The summed E-state index contributed by atoms with van der Waals surface area (Å²) in [5.74, 6) is 10.7. The van der Waals surface area contributed by atoms with Crippen molar-refractivity contribution in [3.8, 4) is 24.2 Å². The van der Waals surface area contributed by atoms with Crippen molar-refractivity contribution in [3.63, 3.8) is 0 Å². The maximum absolute atomic E-state index is 13.4. The van der Waals surface area contributed by atoms with E-state index in [4.69, 9.17) is 6.42 Å². The first-order chi connectivity index (χ1) is 52.5. The van der Waals surface area contributed by atoms with Crippen molar-refractivity contribution in [1.82, 2.24) is 0 Å². The molecule has 0 heterocycles. The van der Waals surface area contributed by atoms with Crippen LogP contribution in [0.4, 0.5) is 22.7 Å². The van der Waals surface area contributed by atoms with Gasteiger partial charge in [0.15, 0.2) is 10.2 Å². The van der Waals surface area contributed by atoms with Crippen LogP contribution in [0.3, 0.4) is 0 Å². The summed E-state index contributed by atoms with van der Waals surface area (Å²) in [6.07, 6.45) is 41.9. The number of rotatable bonds is 32. The van der Waals surface area contributed by atoms with E-state index in [1.807, 2.05) is 125 Å². The normalized spacial score (nSPS) is 16.1. The van der Waals surface area contributed by atoms with Crippen molar-refractivity contribution in [2.45, 2.75) is 334 Å². The lowest BCUT2D eigenvalue weighted by molar-refractivity contribution is -0.129. The lowest BCUT2D eigenvalue weighted by Crippen LogP contribution is -2.39. The molecule has 12 nitrogen and oxygen atoms in total. The molecular formula is C93H134N4O8S4. The van der Waals surface area contributed by atoms with Crippen molar-refractivity contribution in [2.75, 3.05) is 21.3 Å². The summed E-state index contributed by atoms with van der Waals surface area (Å²) in [6, 6.07) is 30.5. The largest absolute Gasteiger partial charge is 0.325 e. The van der Waals surface area contributed by atoms with Gasteiger partial charge in [0.2, 0.25) is 28.7 Å². The summed E-state index contributed by atoms with van der Waals surface area (Å²) in [4.78, 5) is 105. The molecule has 4 amide bonds. The maximum Gasteiger partial charge on any atom is 0.267 e. The minimum atomic E-state index is -0.282. The Morgan fingerprint density at radius 2 is 0.642 bits per heavy atom. The van der Waals surface area contributed by atoms with Gasteiger partial charge in [0.1, 0.15) is 0 Å². The highest BCUT2D eigenvalue weighted by atomic mass is 32.2. The number of para-hydroxylation sites is 4. The number of nitrogens with one attached hydrogen (secondary N) is 4. The van der Waals surface area contributed by atoms with Crippen LogP contribution in [-0.4, -0.2) is 44.1 Å². The van der Waals surface area contributed by atoms with Crippen LogP contribution in [0.1, 0.15) is 314 Å². The summed E-state index contributed by atoms with van der Waals surface area (Å²) >= 11 is 4.69. The van der Waals surface area contributed by atoms with E-state index in [9.17, 15) is 38.4 Å². The van der Waals surface area contributed by atoms with Gasteiger partial charge in [-0.15, -0.1) is 6.42 Å². The summed E-state index contributed by atoms with van der Waals surface area (Å²) in [5.41, 5.74) is 1.93. The van der Waals surface area contributed by atoms with E-state index in [2.05, 4.69) is 94.4 Å². The van der Waals surface area contributed by atoms with E-state index < -0.39 is 0 Å². The number of thioether (sulfide) groups is 4. The van der Waals surface area contributed by atoms with E-state index in [1.54, 1.807) is 0 Å². The molecule has 0 spiro atoms. The molecule has 0 aromatic heterocycles. The van der Waals surface area contributed by atoms with Gasteiger partial charge in [0, 0.05) is 60.0 Å². The molecule has 4 aliphatic carbocycles. The van der Waals surface area contributed by atoms with Crippen LogP contribution in [0.2, 0.25) is 0 Å². The Morgan fingerprint density at radius 3 is 0.899 bits per heavy atom. The topological polar surface area (TPSA) is 185 Å². The monoisotopic (exact) mass is 1560 g/mol. The molecule has 4 aliphatic rings. The van der Waals surface area contributed by atoms with Crippen LogP contribution in [-0.2, 0) is 38.4 Å². The lowest BCUT2D eigenvalue weighted by Gasteiger charge is -2.38. The Bertz CT molecular complexity index is 3580. The van der Waals surface area contributed by atoms with E-state index >= 15 is 0 Å². The molecule has 8 rings (SSSR count). The number of carbonyl (C=O) groups is 8. The number of hydrogen-bond donors (Lipinski definition) is 4. The second-order valence-electron chi connectivity index (χ2n) is 31.4. The second-order valence-corrected chi connectivity index (χ2v) is 35.7. The smallest absolute Gasteiger partial charge is 0.267 e. The van der Waals surface area contributed by atoms with E-state index in [0.29, 0.717) is 42.2 Å².